The van der Waals surface area contributed by atoms with Crippen molar-refractivity contribution in [1.82, 2.24) is 5.32 Å². The average Bonchev–Trinajstić information content (AvgIpc) is 2.43. The molecule has 5 heteroatoms. The lowest BCUT2D eigenvalue weighted by Crippen LogP contribution is -2.45. The zero-order valence-corrected chi connectivity index (χ0v) is 12.1. The predicted octanol–water partition coefficient (Wildman–Crippen LogP) is 1.39. The van der Waals surface area contributed by atoms with Crippen LogP contribution in [0.25, 0.3) is 0 Å². The minimum atomic E-state index is -0.827. The van der Waals surface area contributed by atoms with Gasteiger partial charge < -0.3 is 15.8 Å². The number of ether oxygens (including phenoxy) is 1. The van der Waals surface area contributed by atoms with E-state index in [1.54, 1.807) is 24.3 Å². The molecular formula is C15H22N2O3. The van der Waals surface area contributed by atoms with Crippen molar-refractivity contribution < 1.29 is 14.3 Å². The van der Waals surface area contributed by atoms with E-state index >= 15 is 0 Å². The summed E-state index contributed by atoms with van der Waals surface area (Å²) in [6, 6.07) is 7.49. The molecule has 0 heterocycles. The van der Waals surface area contributed by atoms with Crippen molar-refractivity contribution in [3.8, 4) is 0 Å². The topological polar surface area (TPSA) is 81.4 Å². The number of methoxy groups -OCH3 is 1. The van der Waals surface area contributed by atoms with Crippen LogP contribution >= 0.6 is 0 Å². The molecule has 110 valence electrons. The number of carbonyl (C=O) groups excluding carboxylic acids is 2. The van der Waals surface area contributed by atoms with Gasteiger partial charge in [-0.15, -0.1) is 0 Å². The minimum Gasteiger partial charge on any atom is -0.467 e. The largest absolute Gasteiger partial charge is 0.467 e. The van der Waals surface area contributed by atoms with Gasteiger partial charge in [-0.25, -0.2) is 4.79 Å². The lowest BCUT2D eigenvalue weighted by atomic mass is 10.0. The van der Waals surface area contributed by atoms with Crippen molar-refractivity contribution in [3.05, 3.63) is 35.9 Å². The van der Waals surface area contributed by atoms with Crippen LogP contribution in [-0.2, 0) is 14.3 Å². The number of amides is 1. The third kappa shape index (κ3) is 4.66. The van der Waals surface area contributed by atoms with Gasteiger partial charge in [0.2, 0.25) is 5.91 Å². The minimum absolute atomic E-state index is 0.309. The summed E-state index contributed by atoms with van der Waals surface area (Å²) in [6.45, 7) is 3.98. The molecule has 0 aliphatic carbocycles. The van der Waals surface area contributed by atoms with Crippen molar-refractivity contribution in [2.75, 3.05) is 7.11 Å². The Morgan fingerprint density at radius 1 is 1.25 bits per heavy atom. The molecule has 0 aromatic heterocycles. The van der Waals surface area contributed by atoms with Crippen LogP contribution in [0.3, 0.4) is 0 Å². The molecule has 0 aliphatic rings. The van der Waals surface area contributed by atoms with Crippen LogP contribution in [0, 0.1) is 5.92 Å². The standard InChI is InChI=1S/C15H22N2O3/c1-10(2)9-12(16)14(18)17-13(15(19)20-3)11-7-5-4-6-8-11/h4-8,10,12-13H,9,16H2,1-3H3,(H,17,18)/t12-,13?/m1/s1. The Hall–Kier alpha value is -1.88. The second-order valence-corrected chi connectivity index (χ2v) is 5.11. The van der Waals surface area contributed by atoms with Gasteiger partial charge in [-0.1, -0.05) is 44.2 Å². The number of hydrogen-bond donors (Lipinski definition) is 2. The zero-order valence-electron chi connectivity index (χ0n) is 12.1. The molecule has 5 nitrogen and oxygen atoms in total. The molecule has 2 atom stereocenters. The Balaban J connectivity index is 2.81. The van der Waals surface area contributed by atoms with Gasteiger partial charge in [0.05, 0.1) is 13.2 Å². The Labute approximate surface area is 119 Å². The number of nitrogens with one attached hydrogen (secondary N) is 1. The summed E-state index contributed by atoms with van der Waals surface area (Å²) in [6.07, 6.45) is 0.564. The fourth-order valence-corrected chi connectivity index (χ4v) is 1.91. The van der Waals surface area contributed by atoms with Gasteiger partial charge in [0.25, 0.3) is 0 Å². The first-order valence-corrected chi connectivity index (χ1v) is 6.64. The van der Waals surface area contributed by atoms with E-state index in [0.29, 0.717) is 17.9 Å². The summed E-state index contributed by atoms with van der Waals surface area (Å²) in [5, 5.41) is 2.65. The van der Waals surface area contributed by atoms with E-state index in [1.165, 1.54) is 7.11 Å². The lowest BCUT2D eigenvalue weighted by Gasteiger charge is -2.20. The zero-order chi connectivity index (χ0) is 15.1. The number of rotatable bonds is 6. The highest BCUT2D eigenvalue weighted by atomic mass is 16.5. The Morgan fingerprint density at radius 2 is 1.85 bits per heavy atom. The highest BCUT2D eigenvalue weighted by Crippen LogP contribution is 2.15. The highest BCUT2D eigenvalue weighted by molar-refractivity contribution is 5.88. The Bertz CT molecular complexity index is 446. The molecule has 1 amide bonds. The smallest absolute Gasteiger partial charge is 0.333 e. The van der Waals surface area contributed by atoms with Crippen LogP contribution in [0.2, 0.25) is 0 Å². The van der Waals surface area contributed by atoms with Gasteiger partial charge in [0, 0.05) is 0 Å². The molecule has 0 saturated heterocycles. The predicted molar refractivity (Wildman–Crippen MR) is 76.8 cm³/mol. The molecule has 0 fully saturated rings. The van der Waals surface area contributed by atoms with Gasteiger partial charge in [-0.05, 0) is 17.9 Å². The Kier molecular flexibility index (Phi) is 6.18. The van der Waals surface area contributed by atoms with Crippen LogP contribution in [-0.4, -0.2) is 25.0 Å². The van der Waals surface area contributed by atoms with Crippen molar-refractivity contribution in [1.29, 1.82) is 0 Å². The fourth-order valence-electron chi connectivity index (χ4n) is 1.91. The number of esters is 1. The van der Waals surface area contributed by atoms with E-state index in [4.69, 9.17) is 10.5 Å². The summed E-state index contributed by atoms with van der Waals surface area (Å²) >= 11 is 0. The monoisotopic (exact) mass is 278 g/mol. The number of hydrogen-bond acceptors (Lipinski definition) is 4. The summed E-state index contributed by atoms with van der Waals surface area (Å²) in [5.41, 5.74) is 6.49. The van der Waals surface area contributed by atoms with Crippen molar-refractivity contribution in [2.24, 2.45) is 11.7 Å². The van der Waals surface area contributed by atoms with E-state index < -0.39 is 18.1 Å². The van der Waals surface area contributed by atoms with Gasteiger partial charge in [0.1, 0.15) is 0 Å². The first kappa shape index (κ1) is 16.2. The maximum absolute atomic E-state index is 12.0. The van der Waals surface area contributed by atoms with E-state index in [2.05, 4.69) is 5.32 Å². The quantitative estimate of drug-likeness (QED) is 0.770. The van der Waals surface area contributed by atoms with Gasteiger partial charge in [0.15, 0.2) is 6.04 Å². The molecule has 3 N–H and O–H groups in total. The summed E-state index contributed by atoms with van der Waals surface area (Å²) in [7, 11) is 1.29. The molecule has 0 spiro atoms. The SMILES string of the molecule is COC(=O)C(NC(=O)[C@H](N)CC(C)C)c1ccccc1. The number of nitrogens with two attached hydrogens (primary N) is 1. The third-order valence-corrected chi connectivity index (χ3v) is 2.92. The van der Waals surface area contributed by atoms with Gasteiger partial charge >= 0.3 is 5.97 Å². The molecular weight excluding hydrogens is 256 g/mol. The highest BCUT2D eigenvalue weighted by Gasteiger charge is 2.26. The van der Waals surface area contributed by atoms with E-state index in [-0.39, 0.29) is 5.91 Å². The first-order valence-electron chi connectivity index (χ1n) is 6.64. The molecule has 0 bridgehead atoms. The molecule has 20 heavy (non-hydrogen) atoms. The normalized spacial score (nSPS) is 13.7. The molecule has 0 saturated carbocycles. The second kappa shape index (κ2) is 7.65. The van der Waals surface area contributed by atoms with Gasteiger partial charge in [-0.3, -0.25) is 4.79 Å². The van der Waals surface area contributed by atoms with Crippen LogP contribution < -0.4 is 11.1 Å². The van der Waals surface area contributed by atoms with Crippen LogP contribution in [0.5, 0.6) is 0 Å². The fraction of sp³-hybridized carbons (Fsp3) is 0.467. The molecule has 1 aromatic rings. The van der Waals surface area contributed by atoms with Gasteiger partial charge in [-0.2, -0.15) is 0 Å². The first-order chi connectivity index (χ1) is 9.45. The van der Waals surface area contributed by atoms with Crippen LogP contribution in [0.4, 0.5) is 0 Å². The molecule has 1 rings (SSSR count). The summed E-state index contributed by atoms with van der Waals surface area (Å²) in [4.78, 5) is 23.9. The van der Waals surface area contributed by atoms with Crippen molar-refractivity contribution >= 4 is 11.9 Å². The maximum Gasteiger partial charge on any atom is 0.333 e. The Morgan fingerprint density at radius 3 is 2.35 bits per heavy atom. The summed E-state index contributed by atoms with van der Waals surface area (Å²) in [5.74, 6) is -0.552. The number of benzene rings is 1. The summed E-state index contributed by atoms with van der Waals surface area (Å²) < 4.78 is 4.73. The lowest BCUT2D eigenvalue weighted by molar-refractivity contribution is -0.145. The molecule has 1 aromatic carbocycles. The maximum atomic E-state index is 12.0. The van der Waals surface area contributed by atoms with Crippen LogP contribution in [0.15, 0.2) is 30.3 Å². The van der Waals surface area contributed by atoms with E-state index in [0.717, 1.165) is 0 Å². The van der Waals surface area contributed by atoms with E-state index in [9.17, 15) is 9.59 Å². The molecule has 0 radical (unpaired) electrons. The molecule has 1 unspecified atom stereocenters. The van der Waals surface area contributed by atoms with Crippen molar-refractivity contribution in [3.63, 3.8) is 0 Å². The number of carbonyl (C=O) groups is 2. The van der Waals surface area contributed by atoms with Crippen molar-refractivity contribution in [2.45, 2.75) is 32.4 Å². The molecule has 0 aliphatic heterocycles. The van der Waals surface area contributed by atoms with Crippen LogP contribution in [0.1, 0.15) is 31.9 Å². The van der Waals surface area contributed by atoms with E-state index in [1.807, 2.05) is 19.9 Å². The second-order valence-electron chi connectivity index (χ2n) is 5.11. The third-order valence-electron chi connectivity index (χ3n) is 2.92. The average molecular weight is 278 g/mol.